The lowest BCUT2D eigenvalue weighted by atomic mass is 10.00. The Morgan fingerprint density at radius 1 is 1.03 bits per heavy atom. The normalized spacial score (nSPS) is 12.2. The molecule has 0 bridgehead atoms. The molecule has 0 radical (unpaired) electrons. The van der Waals surface area contributed by atoms with E-state index in [9.17, 15) is 14.4 Å². The summed E-state index contributed by atoms with van der Waals surface area (Å²) in [6.45, 7) is 2.77. The zero-order chi connectivity index (χ0) is 26.1. The molecule has 8 nitrogen and oxygen atoms in total. The summed E-state index contributed by atoms with van der Waals surface area (Å²) in [5, 5.41) is 2.08. The SMILES string of the molecule is COc1ccnc(C(=O)NCC(=O)OC(Cc2ccccc2)C(S)c2ccc(C)cc2)c1OC(C)=O. The maximum atomic E-state index is 12.8. The molecule has 0 fully saturated rings. The number of aryl methyl sites for hydroxylation is 1. The third-order valence-electron chi connectivity index (χ3n) is 5.28. The van der Waals surface area contributed by atoms with E-state index in [-0.39, 0.29) is 22.4 Å². The fraction of sp³-hybridized carbons (Fsp3) is 0.259. The molecule has 2 aromatic carbocycles. The number of rotatable bonds is 10. The minimum absolute atomic E-state index is 0.130. The van der Waals surface area contributed by atoms with E-state index < -0.39 is 30.5 Å². The molecule has 0 spiro atoms. The second kappa shape index (κ2) is 12.7. The highest BCUT2D eigenvalue weighted by atomic mass is 32.1. The first-order valence-corrected chi connectivity index (χ1v) is 11.8. The van der Waals surface area contributed by atoms with Gasteiger partial charge in [-0.2, -0.15) is 12.6 Å². The quantitative estimate of drug-likeness (QED) is 0.316. The highest BCUT2D eigenvalue weighted by Gasteiger charge is 2.26. The monoisotopic (exact) mass is 508 g/mol. The predicted octanol–water partition coefficient (Wildman–Crippen LogP) is 3.88. The lowest BCUT2D eigenvalue weighted by Crippen LogP contribution is -2.35. The van der Waals surface area contributed by atoms with Gasteiger partial charge in [-0.05, 0) is 18.1 Å². The number of hydrogen-bond donors (Lipinski definition) is 2. The van der Waals surface area contributed by atoms with E-state index >= 15 is 0 Å². The molecule has 2 atom stereocenters. The van der Waals surface area contributed by atoms with Crippen molar-refractivity contribution in [3.05, 3.63) is 89.2 Å². The molecule has 188 valence electrons. The lowest BCUT2D eigenvalue weighted by molar-refractivity contribution is -0.147. The van der Waals surface area contributed by atoms with Crippen molar-refractivity contribution in [2.45, 2.75) is 31.6 Å². The van der Waals surface area contributed by atoms with Gasteiger partial charge in [0.2, 0.25) is 5.75 Å². The summed E-state index contributed by atoms with van der Waals surface area (Å²) in [6.07, 6.45) is 1.19. The molecule has 0 aliphatic rings. The van der Waals surface area contributed by atoms with E-state index in [4.69, 9.17) is 26.8 Å². The van der Waals surface area contributed by atoms with Crippen molar-refractivity contribution in [1.29, 1.82) is 0 Å². The number of nitrogens with zero attached hydrogens (tertiary/aromatic N) is 1. The Morgan fingerprint density at radius 2 is 1.72 bits per heavy atom. The highest BCUT2D eigenvalue weighted by molar-refractivity contribution is 7.80. The fourth-order valence-corrected chi connectivity index (χ4v) is 3.82. The Labute approximate surface area is 215 Å². The van der Waals surface area contributed by atoms with Crippen LogP contribution in [0.1, 0.15) is 39.4 Å². The molecule has 9 heteroatoms. The number of hydrogen-bond acceptors (Lipinski definition) is 8. The molecule has 1 amide bonds. The smallest absolute Gasteiger partial charge is 0.325 e. The lowest BCUT2D eigenvalue weighted by Gasteiger charge is -2.24. The van der Waals surface area contributed by atoms with Gasteiger partial charge >= 0.3 is 11.9 Å². The van der Waals surface area contributed by atoms with Crippen LogP contribution in [0.15, 0.2) is 66.9 Å². The van der Waals surface area contributed by atoms with Crippen LogP contribution in [0.25, 0.3) is 0 Å². The van der Waals surface area contributed by atoms with Crippen molar-refractivity contribution >= 4 is 30.5 Å². The minimum atomic E-state index is -0.720. The van der Waals surface area contributed by atoms with Crippen LogP contribution < -0.4 is 14.8 Å². The van der Waals surface area contributed by atoms with E-state index in [1.54, 1.807) is 0 Å². The van der Waals surface area contributed by atoms with Gasteiger partial charge in [0.05, 0.1) is 12.4 Å². The first-order chi connectivity index (χ1) is 17.3. The summed E-state index contributed by atoms with van der Waals surface area (Å²) in [4.78, 5) is 40.9. The van der Waals surface area contributed by atoms with Gasteiger partial charge in [0, 0.05) is 25.6 Å². The summed E-state index contributed by atoms with van der Waals surface area (Å²) >= 11 is 4.75. The molecule has 3 aromatic rings. The number of thiol groups is 1. The van der Waals surface area contributed by atoms with Gasteiger partial charge in [0.15, 0.2) is 11.4 Å². The van der Waals surface area contributed by atoms with Gasteiger partial charge in [-0.3, -0.25) is 14.4 Å². The Kier molecular flexibility index (Phi) is 9.46. The number of benzene rings is 2. The number of aromatic nitrogens is 1. The van der Waals surface area contributed by atoms with Crippen LogP contribution in [0.3, 0.4) is 0 Å². The van der Waals surface area contributed by atoms with E-state index in [1.807, 2.05) is 61.5 Å². The molecular weight excluding hydrogens is 480 g/mol. The van der Waals surface area contributed by atoms with Crippen molar-refractivity contribution < 1.29 is 28.6 Å². The second-order valence-electron chi connectivity index (χ2n) is 8.04. The molecule has 1 heterocycles. The Morgan fingerprint density at radius 3 is 2.36 bits per heavy atom. The summed E-state index contributed by atoms with van der Waals surface area (Å²) in [5.41, 5.74) is 2.81. The van der Waals surface area contributed by atoms with Crippen LogP contribution in [-0.2, 0) is 20.7 Å². The van der Waals surface area contributed by atoms with E-state index in [0.717, 1.165) is 16.7 Å². The van der Waals surface area contributed by atoms with Crippen molar-refractivity contribution in [2.24, 2.45) is 0 Å². The van der Waals surface area contributed by atoms with Crippen LogP contribution >= 0.6 is 12.6 Å². The maximum absolute atomic E-state index is 12.8. The molecule has 0 saturated heterocycles. The first kappa shape index (κ1) is 26.7. The number of pyridine rings is 1. The predicted molar refractivity (Wildman–Crippen MR) is 137 cm³/mol. The number of methoxy groups -OCH3 is 1. The van der Waals surface area contributed by atoms with E-state index in [2.05, 4.69) is 10.3 Å². The van der Waals surface area contributed by atoms with Gasteiger partial charge in [0.1, 0.15) is 12.6 Å². The van der Waals surface area contributed by atoms with Crippen LogP contribution in [-0.4, -0.2) is 42.6 Å². The average Bonchev–Trinajstić information content (AvgIpc) is 2.87. The van der Waals surface area contributed by atoms with E-state index in [0.29, 0.717) is 6.42 Å². The maximum Gasteiger partial charge on any atom is 0.325 e. The number of amides is 1. The van der Waals surface area contributed by atoms with Crippen LogP contribution in [0.4, 0.5) is 0 Å². The summed E-state index contributed by atoms with van der Waals surface area (Å²) in [7, 11) is 1.37. The second-order valence-corrected chi connectivity index (χ2v) is 8.60. The summed E-state index contributed by atoms with van der Waals surface area (Å²) in [5.74, 6) is -1.98. The topological polar surface area (TPSA) is 104 Å². The van der Waals surface area contributed by atoms with Crippen LogP contribution in [0.5, 0.6) is 11.5 Å². The largest absolute Gasteiger partial charge is 0.493 e. The van der Waals surface area contributed by atoms with Gasteiger partial charge in [-0.25, -0.2) is 4.98 Å². The third-order valence-corrected chi connectivity index (χ3v) is 5.91. The molecule has 0 saturated carbocycles. The molecule has 1 N–H and O–H groups in total. The third kappa shape index (κ3) is 7.32. The molecule has 1 aromatic heterocycles. The van der Waals surface area contributed by atoms with Gasteiger partial charge in [0.25, 0.3) is 5.91 Å². The minimum Gasteiger partial charge on any atom is -0.493 e. The Hall–Kier alpha value is -3.85. The number of ether oxygens (including phenoxy) is 3. The summed E-state index contributed by atoms with van der Waals surface area (Å²) in [6, 6.07) is 18.9. The zero-order valence-corrected chi connectivity index (χ0v) is 21.2. The van der Waals surface area contributed by atoms with E-state index in [1.165, 1.54) is 26.3 Å². The molecule has 36 heavy (non-hydrogen) atoms. The Bertz CT molecular complexity index is 1200. The van der Waals surface area contributed by atoms with Gasteiger partial charge in [-0.15, -0.1) is 0 Å². The van der Waals surface area contributed by atoms with Crippen LogP contribution in [0, 0.1) is 6.92 Å². The van der Waals surface area contributed by atoms with Crippen molar-refractivity contribution in [2.75, 3.05) is 13.7 Å². The molecular formula is C27H28N2O6S. The number of carbonyl (C=O) groups is 3. The number of nitrogens with one attached hydrogen (secondary N) is 1. The number of carbonyl (C=O) groups excluding carboxylic acids is 3. The van der Waals surface area contributed by atoms with Crippen molar-refractivity contribution in [3.63, 3.8) is 0 Å². The average molecular weight is 509 g/mol. The zero-order valence-electron chi connectivity index (χ0n) is 20.3. The van der Waals surface area contributed by atoms with Crippen molar-refractivity contribution in [3.8, 4) is 11.5 Å². The van der Waals surface area contributed by atoms with Crippen molar-refractivity contribution in [1.82, 2.24) is 10.3 Å². The molecule has 0 aliphatic carbocycles. The van der Waals surface area contributed by atoms with Crippen LogP contribution in [0.2, 0.25) is 0 Å². The fourth-order valence-electron chi connectivity index (χ4n) is 3.48. The summed E-state index contributed by atoms with van der Waals surface area (Å²) < 4.78 is 16.0. The highest BCUT2D eigenvalue weighted by Crippen LogP contribution is 2.30. The molecule has 2 unspecified atom stereocenters. The molecule has 0 aliphatic heterocycles. The molecule has 3 rings (SSSR count). The number of esters is 2. The first-order valence-electron chi connectivity index (χ1n) is 11.3. The standard InChI is InChI=1S/C27H28N2O6S/c1-17-9-11-20(12-10-17)26(36)22(15-19-7-5-4-6-8-19)35-23(31)16-29-27(32)24-25(34-18(2)30)21(33-3)13-14-28-24/h4-14,22,26,36H,15-16H2,1-3H3,(H,29,32). The van der Waals surface area contributed by atoms with Gasteiger partial charge in [-0.1, -0.05) is 60.2 Å². The Balaban J connectivity index is 1.72. The van der Waals surface area contributed by atoms with Gasteiger partial charge < -0.3 is 19.5 Å².